The third kappa shape index (κ3) is 14.6. The van der Waals surface area contributed by atoms with Crippen molar-refractivity contribution in [1.29, 1.82) is 0 Å². The third-order valence-corrected chi connectivity index (χ3v) is 13.3. The van der Waals surface area contributed by atoms with E-state index in [2.05, 4.69) is 91.6 Å². The predicted octanol–water partition coefficient (Wildman–Crippen LogP) is 2.07. The maximum Gasteiger partial charge on any atom is 1.00 e. The zero-order valence-electron chi connectivity index (χ0n) is 41.4. The minimum absolute atomic E-state index is 0. The molecule has 0 aliphatic carbocycles. The Morgan fingerprint density at radius 2 is 0.882 bits per heavy atom. The SMILES string of the molecule is O=S(=O)([O-])c1ccc(-c2ccnc3c2ccc2c(-c4ccc(SOO[O-])cc4)ccnc23)cc1.[Na+].[Na+].c1ccc(Cn2cc(CN(Cc3cn(Cc4ccccc4)nn3)Cc3cn(Cc4ccccc4)nn3)nn2)cc1. The summed E-state index contributed by atoms with van der Waals surface area (Å²) in [6.45, 7) is 3.80. The molecule has 11 rings (SSSR count). The zero-order chi connectivity index (χ0) is 50.7. The molecule has 0 atom stereocenters. The van der Waals surface area contributed by atoms with Crippen LogP contribution in [0.4, 0.5) is 0 Å². The first-order valence-electron chi connectivity index (χ1n) is 23.2. The van der Waals surface area contributed by atoms with E-state index in [0.29, 0.717) is 49.7 Å². The fraction of sp³-hybridized carbons (Fsp3) is 0.111. The second-order valence-corrected chi connectivity index (χ2v) is 19.3. The summed E-state index contributed by atoms with van der Waals surface area (Å²) in [5.41, 5.74) is 11.1. The van der Waals surface area contributed by atoms with Gasteiger partial charge in [0, 0.05) is 47.7 Å². The van der Waals surface area contributed by atoms with Gasteiger partial charge in [-0.25, -0.2) is 22.5 Å². The van der Waals surface area contributed by atoms with Gasteiger partial charge in [-0.1, -0.05) is 143 Å². The zero-order valence-corrected chi connectivity index (χ0v) is 47.0. The van der Waals surface area contributed by atoms with Crippen LogP contribution in [-0.4, -0.2) is 72.8 Å². The molecule has 370 valence electrons. The Hall–Kier alpha value is -6.34. The molecule has 0 spiro atoms. The molecule has 0 saturated carbocycles. The molecule has 22 heteroatoms. The van der Waals surface area contributed by atoms with Crippen LogP contribution in [0, 0.1) is 0 Å². The van der Waals surface area contributed by atoms with Gasteiger partial charge in [0.25, 0.3) is 0 Å². The topological polar surface area (TPSA) is 220 Å². The summed E-state index contributed by atoms with van der Waals surface area (Å²) < 4.78 is 43.7. The number of hydrogen-bond acceptors (Lipinski definition) is 16. The summed E-state index contributed by atoms with van der Waals surface area (Å²) in [6, 6.07) is 51.7. The van der Waals surface area contributed by atoms with E-state index < -0.39 is 10.1 Å². The molecular weight excluding hydrogens is 1020 g/mol. The van der Waals surface area contributed by atoms with Crippen LogP contribution in [0.15, 0.2) is 205 Å². The summed E-state index contributed by atoms with van der Waals surface area (Å²) in [5.74, 6) is 0. The van der Waals surface area contributed by atoms with E-state index in [1.54, 1.807) is 24.5 Å². The van der Waals surface area contributed by atoms with Gasteiger partial charge in [-0.3, -0.25) is 19.9 Å². The first kappa shape index (κ1) is 55.9. The second kappa shape index (κ2) is 26.6. The van der Waals surface area contributed by atoms with Gasteiger partial charge in [0.15, 0.2) is 0 Å². The molecule has 5 aromatic heterocycles. The molecule has 0 aliphatic rings. The van der Waals surface area contributed by atoms with Crippen LogP contribution in [0.5, 0.6) is 0 Å². The first-order chi connectivity index (χ1) is 36.2. The molecule has 0 saturated heterocycles. The summed E-state index contributed by atoms with van der Waals surface area (Å²) in [6.07, 6.45) is 9.39. The Kier molecular flexibility index (Phi) is 19.6. The van der Waals surface area contributed by atoms with Gasteiger partial charge in [0.2, 0.25) is 0 Å². The van der Waals surface area contributed by atoms with Crippen molar-refractivity contribution >= 4 is 44.0 Å². The van der Waals surface area contributed by atoms with Crippen LogP contribution in [0.3, 0.4) is 0 Å². The second-order valence-electron chi connectivity index (χ2n) is 17.1. The molecule has 6 aromatic carbocycles. The monoisotopic (exact) mass is 1070 g/mol. The van der Waals surface area contributed by atoms with Gasteiger partial charge in [0.1, 0.15) is 10.1 Å². The Labute approximate surface area is 486 Å². The summed E-state index contributed by atoms with van der Waals surface area (Å²) in [7, 11) is -4.51. The summed E-state index contributed by atoms with van der Waals surface area (Å²) in [5, 5.41) is 41.6. The standard InChI is InChI=1S/C30H30N10.C24H16N2O6S2.2Na/c1-4-10-25(11-5-1)16-38-22-28(31-34-38)19-37(20-29-23-39(35-32-29)17-26-12-6-2-7-13-26)21-30-24-40(36-33-30)18-27-14-8-3-9-15-27;27-31-32-33-17-5-1-15(2-6-17)19-11-13-25-23-21(19)9-10-22-20(12-14-26-24(22)23)16-3-7-18(8-4-16)34(28,29)30;;/h1-15,22-24H,16-21H2;1-14,27H,(H,28,29,30);;/q;;2*+1/p-2. The molecule has 5 heterocycles. The molecule has 76 heavy (non-hydrogen) atoms. The summed E-state index contributed by atoms with van der Waals surface area (Å²) in [4.78, 5) is 11.8. The van der Waals surface area contributed by atoms with Crippen molar-refractivity contribution in [2.75, 3.05) is 0 Å². The molecule has 0 radical (unpaired) electrons. The van der Waals surface area contributed by atoms with E-state index in [-0.39, 0.29) is 64.0 Å². The van der Waals surface area contributed by atoms with E-state index >= 15 is 0 Å². The van der Waals surface area contributed by atoms with E-state index in [1.807, 2.05) is 136 Å². The van der Waals surface area contributed by atoms with Crippen molar-refractivity contribution in [3.05, 3.63) is 229 Å². The Morgan fingerprint density at radius 3 is 1.25 bits per heavy atom. The molecule has 0 N–H and O–H groups in total. The van der Waals surface area contributed by atoms with Gasteiger partial charge >= 0.3 is 59.1 Å². The Bertz CT molecular complexity index is 3530. The molecule has 0 amide bonds. The third-order valence-electron chi connectivity index (χ3n) is 11.9. The number of nitrogens with zero attached hydrogens (tertiary/aromatic N) is 12. The van der Waals surface area contributed by atoms with E-state index in [1.165, 1.54) is 28.8 Å². The van der Waals surface area contributed by atoms with Crippen molar-refractivity contribution in [2.45, 2.75) is 49.1 Å². The number of rotatable bonds is 18. The quantitative estimate of drug-likeness (QED) is 0.0300. The van der Waals surface area contributed by atoms with Crippen molar-refractivity contribution < 1.29 is 86.7 Å². The molecule has 0 aliphatic heterocycles. The van der Waals surface area contributed by atoms with Crippen molar-refractivity contribution in [3.8, 4) is 22.3 Å². The normalized spacial score (nSPS) is 11.2. The van der Waals surface area contributed by atoms with Crippen LogP contribution in [0.25, 0.3) is 44.1 Å². The fourth-order valence-electron chi connectivity index (χ4n) is 8.51. The predicted molar refractivity (Wildman–Crippen MR) is 274 cm³/mol. The average molecular weight is 1070 g/mol. The van der Waals surface area contributed by atoms with Crippen LogP contribution in [0.2, 0.25) is 0 Å². The molecule has 0 fully saturated rings. The molecule has 0 bridgehead atoms. The van der Waals surface area contributed by atoms with E-state index in [9.17, 15) is 18.2 Å². The van der Waals surface area contributed by atoms with E-state index in [4.69, 9.17) is 0 Å². The minimum Gasteiger partial charge on any atom is -0.744 e. The number of hydrogen-bond donors (Lipinski definition) is 0. The Balaban J connectivity index is 0.000000199. The smallest absolute Gasteiger partial charge is 0.744 e. The molecule has 11 aromatic rings. The number of fused-ring (bicyclic) bond motifs is 3. The van der Waals surface area contributed by atoms with Gasteiger partial charge in [-0.15, -0.1) is 15.3 Å². The summed E-state index contributed by atoms with van der Waals surface area (Å²) >= 11 is 0.824. The van der Waals surface area contributed by atoms with Gasteiger partial charge in [0.05, 0.1) is 83.3 Å². The number of benzene rings is 6. The van der Waals surface area contributed by atoms with Crippen LogP contribution in [0.1, 0.15) is 33.8 Å². The largest absolute Gasteiger partial charge is 1.00 e. The number of aromatic nitrogens is 11. The van der Waals surface area contributed by atoms with Crippen molar-refractivity contribution in [1.82, 2.24) is 59.8 Å². The maximum absolute atomic E-state index is 11.3. The fourth-order valence-corrected chi connectivity index (χ4v) is 9.33. The van der Waals surface area contributed by atoms with Gasteiger partial charge < -0.3 is 9.81 Å². The van der Waals surface area contributed by atoms with Crippen molar-refractivity contribution in [2.24, 2.45) is 0 Å². The van der Waals surface area contributed by atoms with Crippen molar-refractivity contribution in [3.63, 3.8) is 0 Å². The number of pyridine rings is 2. The van der Waals surface area contributed by atoms with Crippen LogP contribution in [-0.2, 0) is 58.8 Å². The van der Waals surface area contributed by atoms with E-state index in [0.717, 1.165) is 67.7 Å². The Morgan fingerprint density at radius 1 is 0.500 bits per heavy atom. The average Bonchev–Trinajstić information content (AvgIpc) is 4.25. The molecule has 18 nitrogen and oxygen atoms in total. The molecular formula is C54H44N12Na2O6S2. The van der Waals surface area contributed by atoms with Crippen LogP contribution >= 0.6 is 12.0 Å². The van der Waals surface area contributed by atoms with Gasteiger partial charge in [-0.2, -0.15) is 4.33 Å². The van der Waals surface area contributed by atoms with Crippen LogP contribution < -0.4 is 64.4 Å². The van der Waals surface area contributed by atoms with Gasteiger partial charge in [-0.05, 0) is 75.3 Å². The minimum atomic E-state index is -4.51. The maximum atomic E-state index is 11.3. The first-order valence-corrected chi connectivity index (χ1v) is 25.3. The molecule has 0 unspecified atom stereocenters.